The molecule has 2 nitrogen and oxygen atoms in total. The van der Waals surface area contributed by atoms with Gasteiger partial charge in [-0.05, 0) is 49.4 Å². The minimum atomic E-state index is -0.0440. The smallest absolute Gasteiger partial charge is 0.0574 e. The summed E-state index contributed by atoms with van der Waals surface area (Å²) in [5.41, 5.74) is 0. The Morgan fingerprint density at radius 3 is 2.50 bits per heavy atom. The van der Waals surface area contributed by atoms with Gasteiger partial charge in [-0.1, -0.05) is 0 Å². The summed E-state index contributed by atoms with van der Waals surface area (Å²) < 4.78 is 0. The van der Waals surface area contributed by atoms with Gasteiger partial charge in [0.15, 0.2) is 0 Å². The summed E-state index contributed by atoms with van der Waals surface area (Å²) in [7, 11) is 0. The molecule has 0 aromatic rings. The third-order valence-electron chi connectivity index (χ3n) is 4.44. The van der Waals surface area contributed by atoms with Gasteiger partial charge in [0.25, 0.3) is 0 Å². The maximum Gasteiger partial charge on any atom is 0.0574 e. The lowest BCUT2D eigenvalue weighted by atomic mass is 9.79. The molecule has 2 heteroatoms. The van der Waals surface area contributed by atoms with Crippen LogP contribution in [0, 0.1) is 23.7 Å². The minimum absolute atomic E-state index is 0.0402. The number of fused-ring (bicyclic) bond motifs is 5. The Labute approximate surface area is 72.6 Å². The third kappa shape index (κ3) is 0.728. The molecule has 2 N–H and O–H groups in total. The van der Waals surface area contributed by atoms with E-state index in [1.54, 1.807) is 0 Å². The van der Waals surface area contributed by atoms with Crippen molar-refractivity contribution < 1.29 is 10.2 Å². The molecule has 0 saturated heterocycles. The van der Waals surface area contributed by atoms with Gasteiger partial charge in [0.05, 0.1) is 12.2 Å². The second-order valence-electron chi connectivity index (χ2n) is 4.85. The number of hydrogen-bond acceptors (Lipinski definition) is 2. The van der Waals surface area contributed by atoms with Crippen molar-refractivity contribution in [2.45, 2.75) is 37.9 Å². The number of rotatable bonds is 0. The van der Waals surface area contributed by atoms with Gasteiger partial charge in [-0.3, -0.25) is 0 Å². The topological polar surface area (TPSA) is 40.5 Å². The van der Waals surface area contributed by atoms with Crippen LogP contribution < -0.4 is 0 Å². The zero-order valence-corrected chi connectivity index (χ0v) is 7.19. The quantitative estimate of drug-likeness (QED) is 0.561. The van der Waals surface area contributed by atoms with Crippen LogP contribution in [0.4, 0.5) is 0 Å². The van der Waals surface area contributed by atoms with Gasteiger partial charge in [0.2, 0.25) is 0 Å². The zero-order valence-electron chi connectivity index (χ0n) is 7.19. The summed E-state index contributed by atoms with van der Waals surface area (Å²) in [6, 6.07) is 0. The maximum atomic E-state index is 9.73. The van der Waals surface area contributed by atoms with E-state index in [1.807, 2.05) is 0 Å². The summed E-state index contributed by atoms with van der Waals surface area (Å²) in [5, 5.41) is 19.4. The maximum absolute atomic E-state index is 9.73. The van der Waals surface area contributed by atoms with Gasteiger partial charge in [0.1, 0.15) is 0 Å². The number of aliphatic hydroxyl groups is 2. The summed E-state index contributed by atoms with van der Waals surface area (Å²) in [4.78, 5) is 0. The fourth-order valence-electron chi connectivity index (χ4n) is 4.06. The van der Waals surface area contributed by atoms with E-state index in [9.17, 15) is 10.2 Å². The van der Waals surface area contributed by atoms with Crippen LogP contribution in [-0.2, 0) is 0 Å². The van der Waals surface area contributed by atoms with Gasteiger partial charge < -0.3 is 10.2 Å². The molecular formula is C10H16O2. The Morgan fingerprint density at radius 2 is 1.67 bits per heavy atom. The second-order valence-corrected chi connectivity index (χ2v) is 4.85. The van der Waals surface area contributed by atoms with Crippen LogP contribution in [0.1, 0.15) is 25.7 Å². The molecule has 12 heavy (non-hydrogen) atoms. The Morgan fingerprint density at radius 1 is 0.833 bits per heavy atom. The van der Waals surface area contributed by atoms with Gasteiger partial charge in [-0.2, -0.15) is 0 Å². The highest BCUT2D eigenvalue weighted by molar-refractivity contribution is 5.05. The molecule has 0 spiro atoms. The SMILES string of the molecule is OC1CC2CC1C1CCC(O)C21. The highest BCUT2D eigenvalue weighted by atomic mass is 16.3. The molecule has 0 amide bonds. The van der Waals surface area contributed by atoms with Gasteiger partial charge >= 0.3 is 0 Å². The van der Waals surface area contributed by atoms with E-state index in [-0.39, 0.29) is 12.2 Å². The Bertz CT molecular complexity index is 204. The highest BCUT2D eigenvalue weighted by Crippen LogP contribution is 2.58. The lowest BCUT2D eigenvalue weighted by molar-refractivity contribution is 0.0296. The van der Waals surface area contributed by atoms with Crippen LogP contribution in [0.25, 0.3) is 0 Å². The van der Waals surface area contributed by atoms with Gasteiger partial charge in [0, 0.05) is 0 Å². The molecule has 3 aliphatic rings. The van der Waals surface area contributed by atoms with Crippen molar-refractivity contribution in [3.05, 3.63) is 0 Å². The summed E-state index contributed by atoms with van der Waals surface area (Å²) in [6.07, 6.45) is 4.20. The minimum Gasteiger partial charge on any atom is -0.393 e. The third-order valence-corrected chi connectivity index (χ3v) is 4.44. The van der Waals surface area contributed by atoms with Crippen LogP contribution in [-0.4, -0.2) is 22.4 Å². The molecule has 2 bridgehead atoms. The van der Waals surface area contributed by atoms with E-state index in [4.69, 9.17) is 0 Å². The van der Waals surface area contributed by atoms with Crippen LogP contribution in [0.3, 0.4) is 0 Å². The molecule has 3 fully saturated rings. The molecule has 6 atom stereocenters. The van der Waals surface area contributed by atoms with Crippen molar-refractivity contribution in [2.24, 2.45) is 23.7 Å². The molecule has 3 rings (SSSR count). The fourth-order valence-corrected chi connectivity index (χ4v) is 4.06. The van der Waals surface area contributed by atoms with E-state index < -0.39 is 0 Å². The van der Waals surface area contributed by atoms with E-state index in [2.05, 4.69) is 0 Å². The molecule has 0 aromatic heterocycles. The summed E-state index contributed by atoms with van der Waals surface area (Å²) >= 11 is 0. The molecule has 3 saturated carbocycles. The molecule has 68 valence electrons. The number of aliphatic hydroxyl groups excluding tert-OH is 2. The first kappa shape index (κ1) is 7.34. The predicted molar refractivity (Wildman–Crippen MR) is 44.4 cm³/mol. The first-order chi connectivity index (χ1) is 5.77. The average molecular weight is 168 g/mol. The van der Waals surface area contributed by atoms with E-state index in [0.29, 0.717) is 23.7 Å². The standard InChI is InChI=1S/C10H16O2/c11-8-2-1-6-7-3-5(10(6)8)4-9(7)12/h5-12H,1-4H2. The first-order valence-electron chi connectivity index (χ1n) is 5.13. The van der Waals surface area contributed by atoms with Crippen LogP contribution in [0.5, 0.6) is 0 Å². The van der Waals surface area contributed by atoms with Crippen LogP contribution >= 0.6 is 0 Å². The Hall–Kier alpha value is -0.0800. The van der Waals surface area contributed by atoms with Crippen LogP contribution in [0.15, 0.2) is 0 Å². The van der Waals surface area contributed by atoms with Crippen molar-refractivity contribution in [1.29, 1.82) is 0 Å². The van der Waals surface area contributed by atoms with Crippen molar-refractivity contribution in [3.63, 3.8) is 0 Å². The first-order valence-corrected chi connectivity index (χ1v) is 5.13. The number of hydrogen-bond donors (Lipinski definition) is 2. The average Bonchev–Trinajstić information content (AvgIpc) is 2.62. The zero-order chi connectivity index (χ0) is 8.29. The van der Waals surface area contributed by atoms with E-state index in [0.717, 1.165) is 19.3 Å². The van der Waals surface area contributed by atoms with E-state index in [1.165, 1.54) is 6.42 Å². The lowest BCUT2D eigenvalue weighted by Crippen LogP contribution is -2.31. The van der Waals surface area contributed by atoms with Crippen molar-refractivity contribution in [1.82, 2.24) is 0 Å². The van der Waals surface area contributed by atoms with Gasteiger partial charge in [-0.25, -0.2) is 0 Å². The normalized spacial score (nSPS) is 62.5. The largest absolute Gasteiger partial charge is 0.393 e. The summed E-state index contributed by atoms with van der Waals surface area (Å²) in [5.74, 6) is 2.40. The Balaban J connectivity index is 1.89. The van der Waals surface area contributed by atoms with Crippen LogP contribution in [0.2, 0.25) is 0 Å². The van der Waals surface area contributed by atoms with Crippen molar-refractivity contribution in [2.75, 3.05) is 0 Å². The predicted octanol–water partition coefficient (Wildman–Crippen LogP) is 0.774. The van der Waals surface area contributed by atoms with Crippen molar-refractivity contribution in [3.8, 4) is 0 Å². The molecule has 3 aliphatic carbocycles. The van der Waals surface area contributed by atoms with E-state index >= 15 is 0 Å². The lowest BCUT2D eigenvalue weighted by Gasteiger charge is -2.29. The Kier molecular flexibility index (Phi) is 1.37. The highest BCUT2D eigenvalue weighted by Gasteiger charge is 2.56. The van der Waals surface area contributed by atoms with Crippen molar-refractivity contribution >= 4 is 0 Å². The molecule has 0 radical (unpaired) electrons. The fraction of sp³-hybridized carbons (Fsp3) is 1.00. The molecule has 0 heterocycles. The van der Waals surface area contributed by atoms with Gasteiger partial charge in [-0.15, -0.1) is 0 Å². The second kappa shape index (κ2) is 2.24. The molecule has 0 aromatic carbocycles. The monoisotopic (exact) mass is 168 g/mol. The molecular weight excluding hydrogens is 152 g/mol. The molecule has 0 aliphatic heterocycles. The summed E-state index contributed by atoms with van der Waals surface area (Å²) in [6.45, 7) is 0. The molecule has 6 unspecified atom stereocenters.